The van der Waals surface area contributed by atoms with Crippen LogP contribution in [0.3, 0.4) is 0 Å². The average molecular weight is 259 g/mol. The Hall–Kier alpha value is -0.930. The normalized spacial score (nSPS) is 28.5. The van der Waals surface area contributed by atoms with Crippen LogP contribution < -0.4 is 0 Å². The van der Waals surface area contributed by atoms with Gasteiger partial charge in [-0.05, 0) is 44.4 Å². The molecule has 0 radical (unpaired) electrons. The van der Waals surface area contributed by atoms with E-state index in [4.69, 9.17) is 0 Å². The molecule has 1 aromatic heterocycles. The Morgan fingerprint density at radius 1 is 1.37 bits per heavy atom. The molecule has 0 aliphatic carbocycles. The highest BCUT2D eigenvalue weighted by molar-refractivity contribution is 5.19. The second-order valence-corrected chi connectivity index (χ2v) is 6.03. The van der Waals surface area contributed by atoms with Crippen LogP contribution in [0.4, 0.5) is 0 Å². The van der Waals surface area contributed by atoms with E-state index in [1.54, 1.807) is 0 Å². The minimum Gasteiger partial charge on any atom is -0.298 e. The number of hydrogen-bond acceptors (Lipinski definition) is 3. The maximum atomic E-state index is 4.61. The van der Waals surface area contributed by atoms with Gasteiger partial charge in [0, 0.05) is 37.9 Å². The number of hydrogen-bond donors (Lipinski definition) is 0. The third-order valence-electron chi connectivity index (χ3n) is 4.78. The second-order valence-electron chi connectivity index (χ2n) is 6.03. The molecule has 3 nitrogen and oxygen atoms in total. The first-order valence-electron chi connectivity index (χ1n) is 7.68. The van der Waals surface area contributed by atoms with Crippen LogP contribution in [0.15, 0.2) is 18.3 Å². The molecule has 2 unspecified atom stereocenters. The van der Waals surface area contributed by atoms with Crippen molar-refractivity contribution in [2.24, 2.45) is 0 Å². The van der Waals surface area contributed by atoms with E-state index in [1.165, 1.54) is 43.7 Å². The van der Waals surface area contributed by atoms with Crippen LogP contribution in [0.1, 0.15) is 37.9 Å². The summed E-state index contributed by atoms with van der Waals surface area (Å²) in [7, 11) is 0. The summed E-state index contributed by atoms with van der Waals surface area (Å²) in [5.41, 5.74) is 2.69. The van der Waals surface area contributed by atoms with E-state index < -0.39 is 0 Å². The van der Waals surface area contributed by atoms with Crippen LogP contribution in [0.25, 0.3) is 0 Å². The number of piperazine rings is 1. The summed E-state index contributed by atoms with van der Waals surface area (Å²) in [5.74, 6) is 0. The summed E-state index contributed by atoms with van der Waals surface area (Å²) in [5, 5.41) is 0. The van der Waals surface area contributed by atoms with Gasteiger partial charge in [0.05, 0.1) is 5.69 Å². The van der Waals surface area contributed by atoms with Gasteiger partial charge in [0.2, 0.25) is 0 Å². The molecule has 19 heavy (non-hydrogen) atoms. The maximum Gasteiger partial charge on any atom is 0.0575 e. The van der Waals surface area contributed by atoms with Crippen LogP contribution in [0.2, 0.25) is 0 Å². The minimum atomic E-state index is 0.654. The molecule has 0 saturated carbocycles. The van der Waals surface area contributed by atoms with Crippen molar-refractivity contribution < 1.29 is 0 Å². The highest BCUT2D eigenvalue weighted by Crippen LogP contribution is 2.25. The molecule has 0 aromatic carbocycles. The van der Waals surface area contributed by atoms with Crippen molar-refractivity contribution in [3.05, 3.63) is 29.6 Å². The predicted octanol–water partition coefficient (Wildman–Crippen LogP) is 2.31. The van der Waals surface area contributed by atoms with Crippen molar-refractivity contribution in [3.63, 3.8) is 0 Å². The first-order chi connectivity index (χ1) is 9.28. The molecule has 1 aromatic rings. The van der Waals surface area contributed by atoms with Crippen molar-refractivity contribution in [1.82, 2.24) is 14.8 Å². The Kier molecular flexibility index (Phi) is 3.85. The summed E-state index contributed by atoms with van der Waals surface area (Å²) >= 11 is 0. The molecule has 0 spiro atoms. The number of aryl methyl sites for hydroxylation is 1. The summed E-state index contributed by atoms with van der Waals surface area (Å²) in [6, 6.07) is 5.73. The molecule has 0 amide bonds. The van der Waals surface area contributed by atoms with Gasteiger partial charge < -0.3 is 0 Å². The van der Waals surface area contributed by atoms with Crippen LogP contribution in [-0.4, -0.2) is 46.5 Å². The Morgan fingerprint density at radius 3 is 3.11 bits per heavy atom. The maximum absolute atomic E-state index is 4.61. The topological polar surface area (TPSA) is 19.4 Å². The van der Waals surface area contributed by atoms with E-state index in [9.17, 15) is 0 Å². The highest BCUT2D eigenvalue weighted by Gasteiger charge is 2.34. The predicted molar refractivity (Wildman–Crippen MR) is 78.1 cm³/mol. The van der Waals surface area contributed by atoms with Gasteiger partial charge in [0.25, 0.3) is 0 Å². The van der Waals surface area contributed by atoms with Crippen LogP contribution in [-0.2, 0) is 13.0 Å². The summed E-state index contributed by atoms with van der Waals surface area (Å²) < 4.78 is 0. The quantitative estimate of drug-likeness (QED) is 0.830. The van der Waals surface area contributed by atoms with Gasteiger partial charge in [-0.2, -0.15) is 0 Å². The van der Waals surface area contributed by atoms with E-state index in [2.05, 4.69) is 40.8 Å². The van der Waals surface area contributed by atoms with Crippen LogP contribution in [0.5, 0.6) is 0 Å². The number of nitrogens with zero attached hydrogens (tertiary/aromatic N) is 3. The van der Waals surface area contributed by atoms with Gasteiger partial charge >= 0.3 is 0 Å². The number of aromatic nitrogens is 1. The smallest absolute Gasteiger partial charge is 0.0575 e. The lowest BCUT2D eigenvalue weighted by Gasteiger charge is -2.42. The van der Waals surface area contributed by atoms with Gasteiger partial charge in [-0.25, -0.2) is 0 Å². The van der Waals surface area contributed by atoms with Crippen molar-refractivity contribution in [1.29, 1.82) is 0 Å². The lowest BCUT2D eigenvalue weighted by Crippen LogP contribution is -2.54. The number of pyridine rings is 1. The second kappa shape index (κ2) is 5.59. The van der Waals surface area contributed by atoms with Crippen molar-refractivity contribution in [2.45, 2.75) is 51.7 Å². The molecule has 2 atom stereocenters. The van der Waals surface area contributed by atoms with Crippen LogP contribution >= 0.6 is 0 Å². The fraction of sp³-hybridized carbons (Fsp3) is 0.688. The van der Waals surface area contributed by atoms with Crippen molar-refractivity contribution in [3.8, 4) is 0 Å². The minimum absolute atomic E-state index is 0.654. The first kappa shape index (κ1) is 13.1. The molecular weight excluding hydrogens is 234 g/mol. The molecule has 104 valence electrons. The Labute approximate surface area is 116 Å². The molecule has 2 aliphatic heterocycles. The molecule has 0 N–H and O–H groups in total. The molecule has 2 fully saturated rings. The van der Waals surface area contributed by atoms with E-state index in [0.717, 1.165) is 19.0 Å². The van der Waals surface area contributed by atoms with E-state index in [-0.39, 0.29) is 0 Å². The Bertz CT molecular complexity index is 432. The number of fused-ring (bicyclic) bond motifs is 1. The van der Waals surface area contributed by atoms with Gasteiger partial charge in [0.1, 0.15) is 0 Å². The van der Waals surface area contributed by atoms with Gasteiger partial charge in [0.15, 0.2) is 0 Å². The van der Waals surface area contributed by atoms with Gasteiger partial charge in [-0.3, -0.25) is 14.8 Å². The summed E-state index contributed by atoms with van der Waals surface area (Å²) in [6.07, 6.45) is 5.78. The zero-order chi connectivity index (χ0) is 13.2. The SMILES string of the molecule is CCc1cccnc1CN1CC2CCCN2CC1C. The Morgan fingerprint density at radius 2 is 2.26 bits per heavy atom. The lowest BCUT2D eigenvalue weighted by atomic mass is 10.1. The molecular formula is C16H25N3. The zero-order valence-electron chi connectivity index (χ0n) is 12.2. The average Bonchev–Trinajstić information content (AvgIpc) is 2.87. The zero-order valence-corrected chi connectivity index (χ0v) is 12.2. The van der Waals surface area contributed by atoms with Gasteiger partial charge in [-0.1, -0.05) is 13.0 Å². The molecule has 3 rings (SSSR count). The van der Waals surface area contributed by atoms with Gasteiger partial charge in [-0.15, -0.1) is 0 Å². The lowest BCUT2D eigenvalue weighted by molar-refractivity contribution is 0.0530. The fourth-order valence-electron chi connectivity index (χ4n) is 3.60. The first-order valence-corrected chi connectivity index (χ1v) is 7.68. The Balaban J connectivity index is 1.72. The standard InChI is InChI=1S/C16H25N3/c1-3-14-6-4-8-17-16(14)12-19-11-15-7-5-9-18(15)10-13(19)2/h4,6,8,13,15H,3,5,7,9-12H2,1-2H3. The number of rotatable bonds is 3. The van der Waals surface area contributed by atoms with E-state index in [1.807, 2.05) is 6.20 Å². The monoisotopic (exact) mass is 259 g/mol. The van der Waals surface area contributed by atoms with E-state index >= 15 is 0 Å². The largest absolute Gasteiger partial charge is 0.298 e. The summed E-state index contributed by atoms with van der Waals surface area (Å²) in [6.45, 7) is 9.38. The van der Waals surface area contributed by atoms with E-state index in [0.29, 0.717) is 6.04 Å². The highest BCUT2D eigenvalue weighted by atomic mass is 15.3. The third-order valence-corrected chi connectivity index (χ3v) is 4.78. The fourth-order valence-corrected chi connectivity index (χ4v) is 3.60. The molecule has 2 aliphatic rings. The van der Waals surface area contributed by atoms with Crippen molar-refractivity contribution in [2.75, 3.05) is 19.6 Å². The van der Waals surface area contributed by atoms with Crippen LogP contribution in [0, 0.1) is 0 Å². The molecule has 2 saturated heterocycles. The van der Waals surface area contributed by atoms with Crippen molar-refractivity contribution >= 4 is 0 Å². The molecule has 3 heterocycles. The molecule has 3 heteroatoms. The third kappa shape index (κ3) is 2.67. The molecule has 0 bridgehead atoms. The summed E-state index contributed by atoms with van der Waals surface area (Å²) in [4.78, 5) is 9.92.